The first-order valence-electron chi connectivity index (χ1n) is 5.78. The summed E-state index contributed by atoms with van der Waals surface area (Å²) < 4.78 is 1.81. The molecule has 2 aromatic rings. The number of rotatable bonds is 5. The Hall–Kier alpha value is -1.75. The number of hydrogen-bond donors (Lipinski definition) is 1. The van der Waals surface area contributed by atoms with Crippen LogP contribution in [0.15, 0.2) is 30.7 Å². The minimum absolute atomic E-state index is 0.121. The maximum atomic E-state index is 4.38. The van der Waals surface area contributed by atoms with Crippen LogP contribution >= 0.6 is 0 Å². The van der Waals surface area contributed by atoms with Crippen LogP contribution in [0.2, 0.25) is 0 Å². The predicted octanol–water partition coefficient (Wildman–Crippen LogP) is 1.10. The lowest BCUT2D eigenvalue weighted by Crippen LogP contribution is -2.25. The average Bonchev–Trinajstić information content (AvgIpc) is 2.75. The number of nitrogens with one attached hydrogen (secondary N) is 1. The van der Waals surface area contributed by atoms with E-state index in [4.69, 9.17) is 0 Å². The fraction of sp³-hybridized carbons (Fsp3) is 0.417. The number of hydrogen-bond acceptors (Lipinski definition) is 4. The highest BCUT2D eigenvalue weighted by Gasteiger charge is 2.14. The normalized spacial score (nSPS) is 12.6. The Morgan fingerprint density at radius 3 is 2.71 bits per heavy atom. The summed E-state index contributed by atoms with van der Waals surface area (Å²) in [4.78, 5) is 8.58. The minimum atomic E-state index is 0.121. The van der Waals surface area contributed by atoms with Crippen molar-refractivity contribution < 1.29 is 0 Å². The van der Waals surface area contributed by atoms with Crippen LogP contribution in [-0.4, -0.2) is 26.3 Å². The van der Waals surface area contributed by atoms with Crippen molar-refractivity contribution in [2.24, 2.45) is 7.05 Å². The molecule has 0 bridgehead atoms. The van der Waals surface area contributed by atoms with Crippen LogP contribution in [0.3, 0.4) is 0 Å². The van der Waals surface area contributed by atoms with Crippen LogP contribution in [0.1, 0.15) is 24.5 Å². The molecule has 5 nitrogen and oxygen atoms in total. The molecule has 0 saturated heterocycles. The predicted molar refractivity (Wildman–Crippen MR) is 65.4 cm³/mol. The van der Waals surface area contributed by atoms with Crippen molar-refractivity contribution in [2.75, 3.05) is 6.54 Å². The van der Waals surface area contributed by atoms with Crippen LogP contribution in [0.4, 0.5) is 0 Å². The van der Waals surface area contributed by atoms with E-state index in [2.05, 4.69) is 27.3 Å². The van der Waals surface area contributed by atoms with Gasteiger partial charge in [0.15, 0.2) is 0 Å². The fourth-order valence-electron chi connectivity index (χ4n) is 1.77. The Morgan fingerprint density at radius 1 is 1.35 bits per heavy atom. The van der Waals surface area contributed by atoms with E-state index in [0.717, 1.165) is 24.5 Å². The molecule has 17 heavy (non-hydrogen) atoms. The standard InChI is InChI=1S/C12H17N5/c1-3-13-11(12-14-6-4-7-15-12)9-10-5-8-17(2)16-10/h4-8,11,13H,3,9H2,1-2H3. The van der Waals surface area contributed by atoms with Gasteiger partial charge in [0.1, 0.15) is 5.82 Å². The number of nitrogens with zero attached hydrogens (tertiary/aromatic N) is 4. The van der Waals surface area contributed by atoms with Gasteiger partial charge in [-0.1, -0.05) is 6.92 Å². The third-order valence-electron chi connectivity index (χ3n) is 2.53. The monoisotopic (exact) mass is 231 g/mol. The van der Waals surface area contributed by atoms with Gasteiger partial charge in [-0.15, -0.1) is 0 Å². The highest BCUT2D eigenvalue weighted by atomic mass is 15.2. The van der Waals surface area contributed by atoms with Crippen molar-refractivity contribution in [2.45, 2.75) is 19.4 Å². The van der Waals surface area contributed by atoms with Gasteiger partial charge < -0.3 is 5.32 Å². The summed E-state index contributed by atoms with van der Waals surface area (Å²) in [5.41, 5.74) is 1.05. The zero-order valence-electron chi connectivity index (χ0n) is 10.2. The molecule has 1 N–H and O–H groups in total. The molecule has 5 heteroatoms. The second-order valence-electron chi connectivity index (χ2n) is 3.90. The van der Waals surface area contributed by atoms with Gasteiger partial charge in [-0.3, -0.25) is 4.68 Å². The van der Waals surface area contributed by atoms with Crippen molar-refractivity contribution in [3.63, 3.8) is 0 Å². The summed E-state index contributed by atoms with van der Waals surface area (Å²) in [6.45, 7) is 2.96. The fourth-order valence-corrected chi connectivity index (χ4v) is 1.77. The zero-order valence-corrected chi connectivity index (χ0v) is 10.2. The molecule has 0 fully saturated rings. The molecule has 0 spiro atoms. The van der Waals surface area contributed by atoms with Crippen molar-refractivity contribution in [1.29, 1.82) is 0 Å². The Balaban J connectivity index is 2.13. The van der Waals surface area contributed by atoms with E-state index >= 15 is 0 Å². The van der Waals surface area contributed by atoms with Gasteiger partial charge in [0.05, 0.1) is 11.7 Å². The lowest BCUT2D eigenvalue weighted by molar-refractivity contribution is 0.513. The molecule has 1 unspecified atom stereocenters. The Labute approximate surface area is 101 Å². The van der Waals surface area contributed by atoms with Gasteiger partial charge >= 0.3 is 0 Å². The Kier molecular flexibility index (Phi) is 3.82. The summed E-state index contributed by atoms with van der Waals surface area (Å²) in [5, 5.41) is 7.76. The molecule has 1 atom stereocenters. The Bertz CT molecular complexity index is 451. The van der Waals surface area contributed by atoms with Gasteiger partial charge in [0.25, 0.3) is 0 Å². The molecule has 0 aliphatic rings. The number of likely N-dealkylation sites (N-methyl/N-ethyl adjacent to an activating group) is 1. The lowest BCUT2D eigenvalue weighted by Gasteiger charge is -2.14. The van der Waals surface area contributed by atoms with Gasteiger partial charge in [-0.25, -0.2) is 9.97 Å². The summed E-state index contributed by atoms with van der Waals surface area (Å²) >= 11 is 0. The van der Waals surface area contributed by atoms with E-state index in [-0.39, 0.29) is 6.04 Å². The van der Waals surface area contributed by atoms with Gasteiger partial charge in [0, 0.05) is 32.1 Å². The largest absolute Gasteiger partial charge is 0.307 e. The number of aryl methyl sites for hydroxylation is 1. The summed E-state index contributed by atoms with van der Waals surface area (Å²) in [5.74, 6) is 0.819. The van der Waals surface area contributed by atoms with Gasteiger partial charge in [0.2, 0.25) is 0 Å². The first-order valence-corrected chi connectivity index (χ1v) is 5.78. The zero-order chi connectivity index (χ0) is 12.1. The lowest BCUT2D eigenvalue weighted by atomic mass is 10.1. The van der Waals surface area contributed by atoms with Crippen LogP contribution in [0.25, 0.3) is 0 Å². The van der Waals surface area contributed by atoms with Gasteiger partial charge in [-0.05, 0) is 18.7 Å². The van der Waals surface area contributed by atoms with Crippen molar-refractivity contribution in [3.8, 4) is 0 Å². The molecule has 90 valence electrons. The molecule has 2 rings (SSSR count). The molecule has 2 aromatic heterocycles. The minimum Gasteiger partial charge on any atom is -0.307 e. The summed E-state index contributed by atoms with van der Waals surface area (Å²) in [7, 11) is 1.92. The average molecular weight is 231 g/mol. The molecule has 0 aliphatic heterocycles. The van der Waals surface area contributed by atoms with Crippen LogP contribution in [-0.2, 0) is 13.5 Å². The third kappa shape index (κ3) is 3.10. The molecular weight excluding hydrogens is 214 g/mol. The van der Waals surface area contributed by atoms with E-state index in [1.807, 2.05) is 30.1 Å². The highest BCUT2D eigenvalue weighted by molar-refractivity contribution is 5.06. The molecule has 0 aliphatic carbocycles. The molecule has 0 radical (unpaired) electrons. The quantitative estimate of drug-likeness (QED) is 0.837. The first kappa shape index (κ1) is 11.7. The first-order chi connectivity index (χ1) is 8.29. The van der Waals surface area contributed by atoms with Crippen LogP contribution < -0.4 is 5.32 Å². The number of aromatic nitrogens is 4. The van der Waals surface area contributed by atoms with Crippen molar-refractivity contribution in [1.82, 2.24) is 25.1 Å². The third-order valence-corrected chi connectivity index (χ3v) is 2.53. The van der Waals surface area contributed by atoms with E-state index in [9.17, 15) is 0 Å². The van der Waals surface area contributed by atoms with E-state index in [0.29, 0.717) is 0 Å². The molecule has 0 aromatic carbocycles. The molecule has 0 saturated carbocycles. The SMILES string of the molecule is CCNC(Cc1ccn(C)n1)c1ncccn1. The second kappa shape index (κ2) is 5.54. The summed E-state index contributed by atoms with van der Waals surface area (Å²) in [6, 6.07) is 3.97. The topological polar surface area (TPSA) is 55.6 Å². The van der Waals surface area contributed by atoms with E-state index < -0.39 is 0 Å². The highest BCUT2D eigenvalue weighted by Crippen LogP contribution is 2.12. The molecule has 2 heterocycles. The van der Waals surface area contributed by atoms with Crippen molar-refractivity contribution >= 4 is 0 Å². The molecular formula is C12H17N5. The maximum Gasteiger partial charge on any atom is 0.145 e. The smallest absolute Gasteiger partial charge is 0.145 e. The van der Waals surface area contributed by atoms with Gasteiger partial charge in [-0.2, -0.15) is 5.10 Å². The van der Waals surface area contributed by atoms with Crippen LogP contribution in [0.5, 0.6) is 0 Å². The second-order valence-corrected chi connectivity index (χ2v) is 3.90. The molecule has 0 amide bonds. The summed E-state index contributed by atoms with van der Waals surface area (Å²) in [6.07, 6.45) is 6.29. The Morgan fingerprint density at radius 2 is 2.12 bits per heavy atom. The maximum absolute atomic E-state index is 4.38. The van der Waals surface area contributed by atoms with Crippen molar-refractivity contribution in [3.05, 3.63) is 42.2 Å². The van der Waals surface area contributed by atoms with Crippen LogP contribution in [0, 0.1) is 0 Å². The van der Waals surface area contributed by atoms with E-state index in [1.54, 1.807) is 12.4 Å². The van der Waals surface area contributed by atoms with E-state index in [1.165, 1.54) is 0 Å².